The number of hydrogen-bond donors (Lipinski definition) is 1. The molecule has 1 aliphatic heterocycles. The Morgan fingerprint density at radius 3 is 2.62 bits per heavy atom. The molecule has 0 aromatic heterocycles. The molecule has 2 nitrogen and oxygen atoms in total. The van der Waals surface area contributed by atoms with Crippen LogP contribution in [0.5, 0.6) is 0 Å². The smallest absolute Gasteiger partial charge is 0.123 e. The molecule has 21 heavy (non-hydrogen) atoms. The van der Waals surface area contributed by atoms with Crippen LogP contribution in [0.3, 0.4) is 0 Å². The third kappa shape index (κ3) is 4.04. The summed E-state index contributed by atoms with van der Waals surface area (Å²) in [4.78, 5) is 2.51. The fourth-order valence-corrected chi connectivity index (χ4v) is 3.23. The van der Waals surface area contributed by atoms with E-state index >= 15 is 0 Å². The topological polar surface area (TPSA) is 15.3 Å². The average molecular weight is 292 g/mol. The van der Waals surface area contributed by atoms with Gasteiger partial charge in [-0.15, -0.1) is 0 Å². The number of piperazine rings is 1. The number of benzene rings is 1. The summed E-state index contributed by atoms with van der Waals surface area (Å²) >= 11 is 0. The second-order valence-electron chi connectivity index (χ2n) is 8.12. The number of nitrogens with zero attached hydrogens (tertiary/aromatic N) is 1. The van der Waals surface area contributed by atoms with E-state index in [4.69, 9.17) is 0 Å². The average Bonchev–Trinajstić information content (AvgIpc) is 2.31. The molecule has 2 rings (SSSR count). The van der Waals surface area contributed by atoms with Crippen LogP contribution in [-0.4, -0.2) is 29.6 Å². The van der Waals surface area contributed by atoms with Crippen LogP contribution in [0, 0.1) is 18.2 Å². The molecule has 3 heteroatoms. The Balaban J connectivity index is 2.26. The maximum atomic E-state index is 13.6. The van der Waals surface area contributed by atoms with Crippen LogP contribution < -0.4 is 5.32 Å². The van der Waals surface area contributed by atoms with Gasteiger partial charge in [0.1, 0.15) is 5.82 Å². The molecule has 1 aromatic rings. The fourth-order valence-electron chi connectivity index (χ4n) is 3.23. The number of hydrogen-bond acceptors (Lipinski definition) is 2. The van der Waals surface area contributed by atoms with Crippen LogP contribution in [0.1, 0.15) is 45.7 Å². The maximum Gasteiger partial charge on any atom is 0.123 e. The minimum atomic E-state index is -0.141. The van der Waals surface area contributed by atoms with E-state index in [9.17, 15) is 4.39 Å². The van der Waals surface area contributed by atoms with Crippen molar-refractivity contribution < 1.29 is 4.39 Å². The molecule has 1 atom stereocenters. The molecule has 1 N–H and O–H groups in total. The van der Waals surface area contributed by atoms with Gasteiger partial charge in [-0.2, -0.15) is 0 Å². The van der Waals surface area contributed by atoms with Gasteiger partial charge in [0.15, 0.2) is 0 Å². The van der Waals surface area contributed by atoms with E-state index in [1.54, 1.807) is 12.1 Å². The number of halogens is 1. The van der Waals surface area contributed by atoms with Gasteiger partial charge in [0.05, 0.1) is 0 Å². The molecule has 0 aliphatic carbocycles. The van der Waals surface area contributed by atoms with Crippen molar-refractivity contribution in [2.75, 3.05) is 13.1 Å². The SMILES string of the molecule is Cc1ccc(F)cc1CN1CC(C)(C)NCC1C(C)(C)C. The van der Waals surface area contributed by atoms with Gasteiger partial charge in [0, 0.05) is 31.2 Å². The summed E-state index contributed by atoms with van der Waals surface area (Å²) in [6.45, 7) is 16.1. The molecule has 1 saturated heterocycles. The third-order valence-electron chi connectivity index (χ3n) is 4.50. The molecule has 0 spiro atoms. The lowest BCUT2D eigenvalue weighted by molar-refractivity contribution is 0.0270. The summed E-state index contributed by atoms with van der Waals surface area (Å²) in [5, 5.41) is 3.64. The van der Waals surface area contributed by atoms with Gasteiger partial charge in [-0.25, -0.2) is 4.39 Å². The number of rotatable bonds is 2. The predicted molar refractivity (Wildman–Crippen MR) is 86.9 cm³/mol. The lowest BCUT2D eigenvalue weighted by Gasteiger charge is -2.49. The Bertz CT molecular complexity index is 502. The molecule has 1 fully saturated rings. The maximum absolute atomic E-state index is 13.6. The van der Waals surface area contributed by atoms with Crippen molar-refractivity contribution in [3.05, 3.63) is 35.1 Å². The first-order valence-electron chi connectivity index (χ1n) is 7.83. The Labute approximate surface area is 128 Å². The highest BCUT2D eigenvalue weighted by atomic mass is 19.1. The molecular formula is C18H29FN2. The lowest BCUT2D eigenvalue weighted by atomic mass is 9.82. The zero-order valence-electron chi connectivity index (χ0n) is 14.3. The van der Waals surface area contributed by atoms with Gasteiger partial charge in [-0.1, -0.05) is 26.8 Å². The highest BCUT2D eigenvalue weighted by Gasteiger charge is 2.38. The minimum absolute atomic E-state index is 0.100. The van der Waals surface area contributed by atoms with Crippen LogP contribution in [0.4, 0.5) is 4.39 Å². The fraction of sp³-hybridized carbons (Fsp3) is 0.667. The molecule has 0 radical (unpaired) electrons. The quantitative estimate of drug-likeness (QED) is 0.893. The van der Waals surface area contributed by atoms with E-state index in [1.165, 1.54) is 5.56 Å². The van der Waals surface area contributed by atoms with Gasteiger partial charge >= 0.3 is 0 Å². The molecular weight excluding hydrogens is 263 g/mol. The van der Waals surface area contributed by atoms with Crippen molar-refractivity contribution >= 4 is 0 Å². The monoisotopic (exact) mass is 292 g/mol. The van der Waals surface area contributed by atoms with Crippen LogP contribution in [0.25, 0.3) is 0 Å². The lowest BCUT2D eigenvalue weighted by Crippen LogP contribution is -2.64. The molecule has 1 aromatic carbocycles. The van der Waals surface area contributed by atoms with E-state index in [2.05, 4.69) is 51.8 Å². The van der Waals surface area contributed by atoms with E-state index in [0.717, 1.165) is 25.2 Å². The minimum Gasteiger partial charge on any atom is -0.309 e. The highest BCUT2D eigenvalue weighted by molar-refractivity contribution is 5.26. The highest BCUT2D eigenvalue weighted by Crippen LogP contribution is 2.30. The van der Waals surface area contributed by atoms with Crippen molar-refractivity contribution in [3.8, 4) is 0 Å². The van der Waals surface area contributed by atoms with Crippen LogP contribution in [0.2, 0.25) is 0 Å². The second-order valence-corrected chi connectivity index (χ2v) is 8.12. The predicted octanol–water partition coefficient (Wildman–Crippen LogP) is 3.73. The van der Waals surface area contributed by atoms with E-state index in [1.807, 2.05) is 6.07 Å². The second kappa shape index (κ2) is 5.69. The first kappa shape index (κ1) is 16.4. The first-order valence-corrected chi connectivity index (χ1v) is 7.83. The number of aryl methyl sites for hydroxylation is 1. The third-order valence-corrected chi connectivity index (χ3v) is 4.50. The van der Waals surface area contributed by atoms with Crippen molar-refractivity contribution in [2.45, 2.75) is 59.7 Å². The summed E-state index contributed by atoms with van der Waals surface area (Å²) in [6, 6.07) is 5.56. The summed E-state index contributed by atoms with van der Waals surface area (Å²) < 4.78 is 13.6. The van der Waals surface area contributed by atoms with Crippen molar-refractivity contribution in [2.24, 2.45) is 5.41 Å². The number of nitrogens with one attached hydrogen (secondary N) is 1. The molecule has 1 aliphatic rings. The van der Waals surface area contributed by atoms with Crippen molar-refractivity contribution in [1.82, 2.24) is 10.2 Å². The van der Waals surface area contributed by atoms with E-state index < -0.39 is 0 Å². The zero-order chi connectivity index (χ0) is 15.8. The van der Waals surface area contributed by atoms with Crippen LogP contribution in [0.15, 0.2) is 18.2 Å². The van der Waals surface area contributed by atoms with Gasteiger partial charge in [-0.3, -0.25) is 4.90 Å². The molecule has 1 heterocycles. The van der Waals surface area contributed by atoms with Crippen LogP contribution >= 0.6 is 0 Å². The summed E-state index contributed by atoms with van der Waals surface area (Å²) in [5.74, 6) is -0.141. The molecule has 1 unspecified atom stereocenters. The molecule has 118 valence electrons. The van der Waals surface area contributed by atoms with Gasteiger partial charge in [0.2, 0.25) is 0 Å². The Morgan fingerprint density at radius 2 is 2.00 bits per heavy atom. The van der Waals surface area contributed by atoms with Gasteiger partial charge < -0.3 is 5.32 Å². The van der Waals surface area contributed by atoms with Gasteiger partial charge in [-0.05, 0) is 49.4 Å². The van der Waals surface area contributed by atoms with Crippen LogP contribution in [-0.2, 0) is 6.54 Å². The van der Waals surface area contributed by atoms with E-state index in [-0.39, 0.29) is 16.8 Å². The largest absolute Gasteiger partial charge is 0.309 e. The molecule has 0 saturated carbocycles. The van der Waals surface area contributed by atoms with Crippen molar-refractivity contribution in [3.63, 3.8) is 0 Å². The molecule has 0 bridgehead atoms. The first-order chi connectivity index (χ1) is 9.58. The Kier molecular flexibility index (Phi) is 4.46. The zero-order valence-corrected chi connectivity index (χ0v) is 14.3. The summed E-state index contributed by atoms with van der Waals surface area (Å²) in [6.07, 6.45) is 0. The van der Waals surface area contributed by atoms with E-state index in [0.29, 0.717) is 6.04 Å². The summed E-state index contributed by atoms with van der Waals surface area (Å²) in [5.41, 5.74) is 2.57. The van der Waals surface area contributed by atoms with Gasteiger partial charge in [0.25, 0.3) is 0 Å². The molecule has 0 amide bonds. The Hall–Kier alpha value is -0.930. The Morgan fingerprint density at radius 1 is 1.33 bits per heavy atom. The summed E-state index contributed by atoms with van der Waals surface area (Å²) in [7, 11) is 0. The van der Waals surface area contributed by atoms with Crippen molar-refractivity contribution in [1.29, 1.82) is 0 Å². The standard InChI is InChI=1S/C18H29FN2/c1-13-7-8-15(19)9-14(13)11-21-12-18(5,6)20-10-16(21)17(2,3)4/h7-9,16,20H,10-12H2,1-6H3. The normalized spacial score (nSPS) is 23.3.